The molecule has 1 heterocycles. The highest BCUT2D eigenvalue weighted by atomic mass is 32.2. The van der Waals surface area contributed by atoms with Crippen LogP contribution in [-0.4, -0.2) is 30.7 Å². The zero-order valence-electron chi connectivity index (χ0n) is 14.1. The van der Waals surface area contributed by atoms with Crippen LogP contribution in [0, 0.1) is 11.8 Å². The maximum atomic E-state index is 11.6. The number of rotatable bonds is 5. The Morgan fingerprint density at radius 2 is 1.93 bits per heavy atom. The summed E-state index contributed by atoms with van der Waals surface area (Å²) in [6.45, 7) is 0. The number of benzene rings is 1. The zero-order valence-corrected chi connectivity index (χ0v) is 14.9. The Morgan fingerprint density at radius 3 is 2.56 bits per heavy atom. The minimum Gasteiger partial charge on any atom is -0.476 e. The molecule has 0 bridgehead atoms. The van der Waals surface area contributed by atoms with Crippen LogP contribution >= 0.6 is 0 Å². The van der Waals surface area contributed by atoms with E-state index in [1.165, 1.54) is 24.5 Å². The average molecular weight is 388 g/mol. The van der Waals surface area contributed by atoms with Crippen LogP contribution < -0.4 is 21.7 Å². The van der Waals surface area contributed by atoms with Crippen molar-refractivity contribution in [2.45, 2.75) is 4.90 Å². The van der Waals surface area contributed by atoms with Gasteiger partial charge in [-0.3, -0.25) is 10.4 Å². The molecule has 2 aromatic rings. The van der Waals surface area contributed by atoms with Crippen molar-refractivity contribution in [2.24, 2.45) is 11.6 Å². The summed E-state index contributed by atoms with van der Waals surface area (Å²) in [5.41, 5.74) is 7.81. The van der Waals surface area contributed by atoms with E-state index in [2.05, 4.69) is 22.3 Å². The number of sulfone groups is 1. The second-order valence-electron chi connectivity index (χ2n) is 5.25. The molecule has 27 heavy (non-hydrogen) atoms. The van der Waals surface area contributed by atoms with E-state index >= 15 is 0 Å². The van der Waals surface area contributed by atoms with Gasteiger partial charge < -0.3 is 15.6 Å². The lowest BCUT2D eigenvalue weighted by atomic mass is 10.2. The summed E-state index contributed by atoms with van der Waals surface area (Å²) in [5.74, 6) is 9.41. The van der Waals surface area contributed by atoms with Crippen molar-refractivity contribution in [1.82, 2.24) is 10.4 Å². The SMILES string of the molecule is CS(=O)(=O)c1cncc(C#Cc2cccc(O/C(NN)=C(/N)C(=O)O)c2)c1. The predicted molar refractivity (Wildman–Crippen MR) is 96.6 cm³/mol. The number of carbonyl (C=O) groups is 1. The van der Waals surface area contributed by atoms with Crippen molar-refractivity contribution >= 4 is 15.8 Å². The number of nitrogens with one attached hydrogen (secondary N) is 1. The van der Waals surface area contributed by atoms with Crippen molar-refractivity contribution in [2.75, 3.05) is 6.26 Å². The first-order chi connectivity index (χ1) is 12.7. The number of carboxylic acids is 1. The number of hydrogen-bond donors (Lipinski definition) is 4. The van der Waals surface area contributed by atoms with Crippen molar-refractivity contribution < 1.29 is 23.1 Å². The van der Waals surface area contributed by atoms with Gasteiger partial charge in [0.2, 0.25) is 5.88 Å². The number of hydrogen-bond acceptors (Lipinski definition) is 8. The number of nitrogens with two attached hydrogens (primary N) is 2. The van der Waals surface area contributed by atoms with Crippen LogP contribution in [-0.2, 0) is 14.6 Å². The first kappa shape index (κ1) is 19.8. The van der Waals surface area contributed by atoms with Gasteiger partial charge in [0.1, 0.15) is 5.75 Å². The highest BCUT2D eigenvalue weighted by Crippen LogP contribution is 2.16. The van der Waals surface area contributed by atoms with Crippen LogP contribution in [0.2, 0.25) is 0 Å². The van der Waals surface area contributed by atoms with Crippen molar-refractivity contribution in [3.63, 3.8) is 0 Å². The predicted octanol–water partition coefficient (Wildman–Crippen LogP) is -0.0606. The fraction of sp³-hybridized carbons (Fsp3) is 0.0588. The standard InChI is InChI=1S/C17H16N4O5S/c1-27(24,25)14-8-12(9-20-10-14)6-5-11-3-2-4-13(7-11)26-16(21-19)15(18)17(22)23/h2-4,7-10,21H,18-19H2,1H3,(H,22,23)/b16-15+. The molecule has 0 fully saturated rings. The molecule has 0 saturated carbocycles. The Kier molecular flexibility index (Phi) is 6.02. The lowest BCUT2D eigenvalue weighted by molar-refractivity contribution is -0.132. The maximum absolute atomic E-state index is 11.6. The van der Waals surface area contributed by atoms with Gasteiger partial charge in [0.05, 0.1) is 4.90 Å². The lowest BCUT2D eigenvalue weighted by Gasteiger charge is -2.10. The summed E-state index contributed by atoms with van der Waals surface area (Å²) < 4.78 is 28.4. The minimum atomic E-state index is -3.38. The van der Waals surface area contributed by atoms with Gasteiger partial charge in [-0.05, 0) is 24.3 Å². The molecule has 10 heteroatoms. The number of aliphatic carboxylic acids is 1. The Labute approximate surface area is 155 Å². The van der Waals surface area contributed by atoms with Crippen LogP contribution in [0.4, 0.5) is 0 Å². The summed E-state index contributed by atoms with van der Waals surface area (Å²) in [6.07, 6.45) is 3.77. The fourth-order valence-corrected chi connectivity index (χ4v) is 2.44. The Morgan fingerprint density at radius 1 is 1.22 bits per heavy atom. The van der Waals surface area contributed by atoms with E-state index in [1.54, 1.807) is 18.2 Å². The molecule has 2 rings (SSSR count). The minimum absolute atomic E-state index is 0.0688. The molecular formula is C17H16N4O5S. The Bertz CT molecular complexity index is 1070. The van der Waals surface area contributed by atoms with Crippen molar-refractivity contribution in [3.8, 4) is 17.6 Å². The molecule has 1 aromatic carbocycles. The second-order valence-corrected chi connectivity index (χ2v) is 7.27. The molecule has 9 nitrogen and oxygen atoms in total. The second kappa shape index (κ2) is 8.22. The number of ether oxygens (including phenoxy) is 1. The third-order valence-electron chi connectivity index (χ3n) is 3.15. The smallest absolute Gasteiger partial charge is 0.357 e. The van der Waals surface area contributed by atoms with Gasteiger partial charge in [-0.15, -0.1) is 0 Å². The van der Waals surface area contributed by atoms with Gasteiger partial charge in [0.25, 0.3) is 0 Å². The van der Waals surface area contributed by atoms with Crippen LogP contribution in [0.1, 0.15) is 11.1 Å². The average Bonchev–Trinajstić information content (AvgIpc) is 2.63. The quantitative estimate of drug-likeness (QED) is 0.181. The largest absolute Gasteiger partial charge is 0.476 e. The van der Waals surface area contributed by atoms with Crippen molar-refractivity contribution in [1.29, 1.82) is 0 Å². The number of aromatic nitrogens is 1. The Hall–Kier alpha value is -3.55. The molecule has 0 amide bonds. The molecule has 0 aliphatic rings. The number of pyridine rings is 1. The molecule has 0 aliphatic carbocycles. The third-order valence-corrected chi connectivity index (χ3v) is 4.23. The first-order valence-electron chi connectivity index (χ1n) is 7.35. The molecule has 0 saturated heterocycles. The van der Waals surface area contributed by atoms with Gasteiger partial charge in [-0.25, -0.2) is 19.1 Å². The zero-order chi connectivity index (χ0) is 20.0. The van der Waals surface area contributed by atoms with E-state index in [4.69, 9.17) is 21.4 Å². The molecule has 0 radical (unpaired) electrons. The molecule has 0 aliphatic heterocycles. The van der Waals surface area contributed by atoms with E-state index in [-0.39, 0.29) is 16.5 Å². The van der Waals surface area contributed by atoms with E-state index < -0.39 is 21.5 Å². The summed E-state index contributed by atoms with van der Waals surface area (Å²) in [6, 6.07) is 7.84. The fourth-order valence-electron chi connectivity index (χ4n) is 1.85. The maximum Gasteiger partial charge on any atom is 0.357 e. The van der Waals surface area contributed by atoms with Crippen LogP contribution in [0.15, 0.2) is 59.2 Å². The first-order valence-corrected chi connectivity index (χ1v) is 9.24. The van der Waals surface area contributed by atoms with Gasteiger partial charge in [0.15, 0.2) is 15.5 Å². The van der Waals surface area contributed by atoms with Crippen LogP contribution in [0.3, 0.4) is 0 Å². The van der Waals surface area contributed by atoms with Gasteiger partial charge in [0, 0.05) is 29.8 Å². The third kappa shape index (κ3) is 5.46. The molecule has 1 aromatic heterocycles. The number of hydrazine groups is 1. The monoisotopic (exact) mass is 388 g/mol. The van der Waals surface area contributed by atoms with E-state index in [9.17, 15) is 13.2 Å². The van der Waals surface area contributed by atoms with E-state index in [0.29, 0.717) is 11.1 Å². The molecule has 0 atom stereocenters. The Balaban J connectivity index is 2.29. The molecular weight excluding hydrogens is 372 g/mol. The highest BCUT2D eigenvalue weighted by molar-refractivity contribution is 7.90. The van der Waals surface area contributed by atoms with E-state index in [0.717, 1.165) is 6.26 Å². The molecule has 0 spiro atoms. The summed E-state index contributed by atoms with van der Waals surface area (Å²) in [4.78, 5) is 14.8. The number of nitrogens with zero attached hydrogens (tertiary/aromatic N) is 1. The highest BCUT2D eigenvalue weighted by Gasteiger charge is 2.12. The van der Waals surface area contributed by atoms with Crippen LogP contribution in [0.5, 0.6) is 5.75 Å². The normalized spacial score (nSPS) is 11.6. The van der Waals surface area contributed by atoms with Crippen molar-refractivity contribution in [3.05, 3.63) is 65.4 Å². The van der Waals surface area contributed by atoms with Crippen LogP contribution in [0.25, 0.3) is 0 Å². The summed E-state index contributed by atoms with van der Waals surface area (Å²) >= 11 is 0. The molecule has 140 valence electrons. The summed E-state index contributed by atoms with van der Waals surface area (Å²) in [7, 11) is -3.38. The lowest BCUT2D eigenvalue weighted by Crippen LogP contribution is -2.31. The number of carboxylic acid groups (broad SMARTS) is 1. The topological polar surface area (TPSA) is 158 Å². The van der Waals surface area contributed by atoms with Gasteiger partial charge in [-0.2, -0.15) is 0 Å². The molecule has 0 unspecified atom stereocenters. The molecule has 6 N–H and O–H groups in total. The van der Waals surface area contributed by atoms with E-state index in [1.807, 2.05) is 0 Å². The van der Waals surface area contributed by atoms with Gasteiger partial charge >= 0.3 is 5.97 Å². The summed E-state index contributed by atoms with van der Waals surface area (Å²) in [5, 5.41) is 8.88. The van der Waals surface area contributed by atoms with Gasteiger partial charge in [-0.1, -0.05) is 17.9 Å².